The van der Waals surface area contributed by atoms with Crippen molar-refractivity contribution in [1.29, 1.82) is 0 Å². The number of nitrogens with zero attached hydrogens (tertiary/aromatic N) is 2. The zero-order chi connectivity index (χ0) is 25.7. The Morgan fingerprint density at radius 2 is 1.67 bits per heavy atom. The molecule has 0 unspecified atom stereocenters. The predicted octanol–water partition coefficient (Wildman–Crippen LogP) is 5.07. The molecule has 0 atom stereocenters. The van der Waals surface area contributed by atoms with E-state index >= 15 is 0 Å². The fourth-order valence-corrected chi connectivity index (χ4v) is 4.35. The van der Waals surface area contributed by atoms with Crippen LogP contribution in [0, 0.1) is 5.82 Å². The molecule has 0 N–H and O–H groups in total. The molecule has 0 aromatic heterocycles. The summed E-state index contributed by atoms with van der Waals surface area (Å²) in [6.07, 6.45) is 2.87. The normalized spacial score (nSPS) is 13.7. The second-order valence-electron chi connectivity index (χ2n) is 8.51. The summed E-state index contributed by atoms with van der Waals surface area (Å²) in [6, 6.07) is 17.9. The fraction of sp³-hybridized carbons (Fsp3) is 0.241. The van der Waals surface area contributed by atoms with E-state index in [1.165, 1.54) is 25.3 Å². The van der Waals surface area contributed by atoms with Crippen LogP contribution in [0.3, 0.4) is 0 Å². The zero-order valence-electron chi connectivity index (χ0n) is 20.7. The number of para-hydroxylation sites is 1. The minimum Gasteiger partial charge on any atom is -0.497 e. The van der Waals surface area contributed by atoms with Crippen LogP contribution in [0.1, 0.15) is 22.8 Å². The summed E-state index contributed by atoms with van der Waals surface area (Å²) in [5, 5.41) is 0. The summed E-state index contributed by atoms with van der Waals surface area (Å²) in [5.74, 6) is 0.441. The van der Waals surface area contributed by atoms with Crippen molar-refractivity contribution >= 4 is 23.5 Å². The number of allylic oxidation sites excluding steroid dienone is 1. The molecule has 36 heavy (non-hydrogen) atoms. The van der Waals surface area contributed by atoms with Crippen molar-refractivity contribution in [3.63, 3.8) is 0 Å². The van der Waals surface area contributed by atoms with Gasteiger partial charge in [0.1, 0.15) is 17.3 Å². The van der Waals surface area contributed by atoms with Gasteiger partial charge in [-0.25, -0.2) is 4.39 Å². The number of anilines is 1. The van der Waals surface area contributed by atoms with Crippen LogP contribution in [0.15, 0.2) is 66.7 Å². The number of ether oxygens (including phenoxy) is 2. The van der Waals surface area contributed by atoms with Crippen LogP contribution < -0.4 is 14.4 Å². The lowest BCUT2D eigenvalue weighted by atomic mass is 9.97. The van der Waals surface area contributed by atoms with Gasteiger partial charge in [0, 0.05) is 61.5 Å². The molecule has 1 amide bonds. The van der Waals surface area contributed by atoms with Crippen LogP contribution >= 0.6 is 0 Å². The first-order valence-electron chi connectivity index (χ1n) is 11.7. The summed E-state index contributed by atoms with van der Waals surface area (Å²) in [7, 11) is 3.08. The number of methoxy groups -OCH3 is 2. The molecule has 1 aliphatic rings. The van der Waals surface area contributed by atoms with Crippen molar-refractivity contribution in [3.8, 4) is 22.6 Å². The number of hydrogen-bond donors (Lipinski definition) is 0. The Morgan fingerprint density at radius 3 is 2.33 bits per heavy atom. The molecular formula is C29H29FN2O4. The van der Waals surface area contributed by atoms with E-state index in [0.29, 0.717) is 48.8 Å². The average Bonchev–Trinajstić information content (AvgIpc) is 2.91. The van der Waals surface area contributed by atoms with Crippen LogP contribution in [0.5, 0.6) is 11.5 Å². The Kier molecular flexibility index (Phi) is 7.68. The Morgan fingerprint density at radius 1 is 0.917 bits per heavy atom. The van der Waals surface area contributed by atoms with Gasteiger partial charge in [-0.2, -0.15) is 0 Å². The van der Waals surface area contributed by atoms with Crippen LogP contribution in [-0.4, -0.2) is 57.0 Å². The van der Waals surface area contributed by atoms with Crippen LogP contribution in [0.4, 0.5) is 10.1 Å². The van der Waals surface area contributed by atoms with Crippen LogP contribution in [0.2, 0.25) is 0 Å². The van der Waals surface area contributed by atoms with Crippen molar-refractivity contribution in [2.45, 2.75) is 6.92 Å². The minimum absolute atomic E-state index is 0.0434. The third-order valence-corrected chi connectivity index (χ3v) is 6.37. The monoisotopic (exact) mass is 488 g/mol. The summed E-state index contributed by atoms with van der Waals surface area (Å²) in [4.78, 5) is 29.1. The van der Waals surface area contributed by atoms with Gasteiger partial charge in [0.15, 0.2) is 5.78 Å². The number of halogens is 1. The van der Waals surface area contributed by atoms with E-state index < -0.39 is 5.82 Å². The van der Waals surface area contributed by atoms with Gasteiger partial charge >= 0.3 is 0 Å². The number of rotatable bonds is 7. The van der Waals surface area contributed by atoms with Crippen molar-refractivity contribution in [1.82, 2.24) is 4.90 Å². The third-order valence-electron chi connectivity index (χ3n) is 6.37. The van der Waals surface area contributed by atoms with Gasteiger partial charge in [-0.1, -0.05) is 24.3 Å². The van der Waals surface area contributed by atoms with Crippen molar-refractivity contribution in [2.24, 2.45) is 0 Å². The van der Waals surface area contributed by atoms with Crippen molar-refractivity contribution in [3.05, 3.63) is 83.7 Å². The summed E-state index contributed by atoms with van der Waals surface area (Å²) < 4.78 is 25.0. The van der Waals surface area contributed by atoms with Crippen LogP contribution in [0.25, 0.3) is 17.2 Å². The van der Waals surface area contributed by atoms with Gasteiger partial charge < -0.3 is 19.3 Å². The zero-order valence-corrected chi connectivity index (χ0v) is 20.7. The van der Waals surface area contributed by atoms with E-state index in [0.717, 1.165) is 16.8 Å². The lowest BCUT2D eigenvalue weighted by Crippen LogP contribution is -2.48. The highest BCUT2D eigenvalue weighted by atomic mass is 19.1. The lowest BCUT2D eigenvalue weighted by molar-refractivity contribution is -0.129. The van der Waals surface area contributed by atoms with Crippen molar-refractivity contribution in [2.75, 3.05) is 45.3 Å². The first kappa shape index (κ1) is 25.0. The number of piperazine rings is 1. The molecule has 0 spiro atoms. The van der Waals surface area contributed by atoms with Crippen LogP contribution in [-0.2, 0) is 4.79 Å². The highest BCUT2D eigenvalue weighted by Crippen LogP contribution is 2.34. The molecule has 0 bridgehead atoms. The van der Waals surface area contributed by atoms with E-state index in [4.69, 9.17) is 9.47 Å². The molecule has 0 saturated carbocycles. The maximum Gasteiger partial charge on any atom is 0.219 e. The number of benzene rings is 3. The number of hydrogen-bond acceptors (Lipinski definition) is 5. The Labute approximate surface area is 210 Å². The summed E-state index contributed by atoms with van der Waals surface area (Å²) >= 11 is 0. The topological polar surface area (TPSA) is 59.1 Å². The molecule has 0 radical (unpaired) electrons. The Balaban J connectivity index is 1.70. The largest absolute Gasteiger partial charge is 0.497 e. The molecule has 4 rings (SSSR count). The van der Waals surface area contributed by atoms with Gasteiger partial charge in [0.05, 0.1) is 14.2 Å². The third kappa shape index (κ3) is 5.40. The molecule has 1 heterocycles. The van der Waals surface area contributed by atoms with E-state index in [1.807, 2.05) is 42.5 Å². The second-order valence-corrected chi connectivity index (χ2v) is 8.51. The smallest absolute Gasteiger partial charge is 0.219 e. The highest BCUT2D eigenvalue weighted by Gasteiger charge is 2.23. The standard InChI is InChI=1S/C29H29FN2O4/c1-20(33)31-14-16-32(17-15-31)27-12-9-22(24-6-4-5-7-29(24)36-3)18-25(27)28(34)13-10-21-8-11-23(35-2)19-26(21)30/h4-13,18-19H,14-17H2,1-3H3/b13-10+. The number of ketones is 1. The minimum atomic E-state index is -0.471. The molecule has 6 nitrogen and oxygen atoms in total. The maximum absolute atomic E-state index is 14.4. The summed E-state index contributed by atoms with van der Waals surface area (Å²) in [5.41, 5.74) is 3.28. The van der Waals surface area contributed by atoms with Gasteiger partial charge in [-0.15, -0.1) is 0 Å². The molecule has 7 heteroatoms. The molecule has 1 aliphatic heterocycles. The SMILES string of the molecule is COc1ccc(/C=C/C(=O)c2cc(-c3ccccc3OC)ccc2N2CCN(C(C)=O)CC2)c(F)c1. The van der Waals surface area contributed by atoms with Gasteiger partial charge in [-0.3, -0.25) is 9.59 Å². The number of carbonyl (C=O) groups excluding carboxylic acids is 2. The Bertz CT molecular complexity index is 1300. The number of amides is 1. The molecule has 1 saturated heterocycles. The van der Waals surface area contributed by atoms with Gasteiger partial charge in [0.25, 0.3) is 0 Å². The molecule has 3 aromatic rings. The molecule has 1 fully saturated rings. The molecule has 3 aromatic carbocycles. The first-order valence-corrected chi connectivity index (χ1v) is 11.7. The number of carbonyl (C=O) groups is 2. The van der Waals surface area contributed by atoms with Gasteiger partial charge in [-0.05, 0) is 48.0 Å². The second kappa shape index (κ2) is 11.1. The summed E-state index contributed by atoms with van der Waals surface area (Å²) in [6.45, 7) is 3.97. The fourth-order valence-electron chi connectivity index (χ4n) is 4.35. The van der Waals surface area contributed by atoms with E-state index in [2.05, 4.69) is 4.90 Å². The van der Waals surface area contributed by atoms with Gasteiger partial charge in [0.2, 0.25) is 5.91 Å². The quantitative estimate of drug-likeness (QED) is 0.343. The van der Waals surface area contributed by atoms with E-state index in [1.54, 1.807) is 31.1 Å². The molecule has 0 aliphatic carbocycles. The highest BCUT2D eigenvalue weighted by molar-refractivity contribution is 6.11. The Hall–Kier alpha value is -4.13. The lowest BCUT2D eigenvalue weighted by Gasteiger charge is -2.36. The van der Waals surface area contributed by atoms with E-state index in [-0.39, 0.29) is 11.7 Å². The first-order chi connectivity index (χ1) is 17.4. The molecule has 186 valence electrons. The average molecular weight is 489 g/mol. The molecular weight excluding hydrogens is 459 g/mol. The van der Waals surface area contributed by atoms with Crippen molar-refractivity contribution < 1.29 is 23.5 Å². The maximum atomic E-state index is 14.4. The van der Waals surface area contributed by atoms with E-state index in [9.17, 15) is 14.0 Å². The predicted molar refractivity (Wildman–Crippen MR) is 139 cm³/mol.